The lowest BCUT2D eigenvalue weighted by molar-refractivity contribution is 0.253. The minimum absolute atomic E-state index is 0.221. The third-order valence-electron chi connectivity index (χ3n) is 3.89. The molecule has 0 saturated heterocycles. The van der Waals surface area contributed by atoms with E-state index in [-0.39, 0.29) is 11.9 Å². The van der Waals surface area contributed by atoms with Crippen molar-refractivity contribution in [3.63, 3.8) is 0 Å². The van der Waals surface area contributed by atoms with E-state index in [1.165, 1.54) is 18.9 Å². The van der Waals surface area contributed by atoms with Crippen LogP contribution in [0, 0.1) is 17.7 Å². The van der Waals surface area contributed by atoms with Gasteiger partial charge in [-0.2, -0.15) is 0 Å². The van der Waals surface area contributed by atoms with Crippen molar-refractivity contribution in [2.75, 3.05) is 0 Å². The standard InChI is InChI=1S/C14H19ClFN/c1-9-2-4-10(5-3-9)14(17)12-8-11(15)6-7-13(12)16/h6-10,14H,2-5,17H2,1H3. The van der Waals surface area contributed by atoms with Gasteiger partial charge in [-0.1, -0.05) is 31.4 Å². The third-order valence-corrected chi connectivity index (χ3v) is 4.12. The Morgan fingerprint density at radius 3 is 2.59 bits per heavy atom. The van der Waals surface area contributed by atoms with Gasteiger partial charge in [-0.25, -0.2) is 4.39 Å². The highest BCUT2D eigenvalue weighted by molar-refractivity contribution is 6.30. The van der Waals surface area contributed by atoms with E-state index in [2.05, 4.69) is 6.92 Å². The van der Waals surface area contributed by atoms with Crippen LogP contribution in [0.5, 0.6) is 0 Å². The molecule has 0 radical (unpaired) electrons. The molecule has 1 fully saturated rings. The first-order chi connectivity index (χ1) is 8.08. The van der Waals surface area contributed by atoms with Crippen LogP contribution in [-0.2, 0) is 0 Å². The van der Waals surface area contributed by atoms with Crippen molar-refractivity contribution in [3.05, 3.63) is 34.6 Å². The number of rotatable bonds is 2. The van der Waals surface area contributed by atoms with Crippen LogP contribution in [0.2, 0.25) is 5.02 Å². The van der Waals surface area contributed by atoms with Crippen molar-refractivity contribution in [2.45, 2.75) is 38.6 Å². The molecule has 0 heterocycles. The molecule has 1 atom stereocenters. The van der Waals surface area contributed by atoms with Crippen molar-refractivity contribution in [1.29, 1.82) is 0 Å². The summed E-state index contributed by atoms with van der Waals surface area (Å²) in [6, 6.07) is 4.42. The predicted molar refractivity (Wildman–Crippen MR) is 69.5 cm³/mol. The second kappa shape index (κ2) is 5.36. The van der Waals surface area contributed by atoms with Crippen LogP contribution in [0.4, 0.5) is 4.39 Å². The maximum Gasteiger partial charge on any atom is 0.128 e. The normalized spacial score (nSPS) is 26.8. The monoisotopic (exact) mass is 255 g/mol. The van der Waals surface area contributed by atoms with Gasteiger partial charge in [0.15, 0.2) is 0 Å². The van der Waals surface area contributed by atoms with E-state index < -0.39 is 0 Å². The predicted octanol–water partition coefficient (Wildman–Crippen LogP) is 4.31. The first-order valence-corrected chi connectivity index (χ1v) is 6.66. The topological polar surface area (TPSA) is 26.0 Å². The molecule has 3 heteroatoms. The maximum absolute atomic E-state index is 13.7. The van der Waals surface area contributed by atoms with E-state index in [0.29, 0.717) is 16.5 Å². The smallest absolute Gasteiger partial charge is 0.128 e. The van der Waals surface area contributed by atoms with Gasteiger partial charge in [0.05, 0.1) is 0 Å². The van der Waals surface area contributed by atoms with Gasteiger partial charge in [0.2, 0.25) is 0 Å². The first-order valence-electron chi connectivity index (χ1n) is 6.28. The van der Waals surface area contributed by atoms with Crippen LogP contribution in [0.1, 0.15) is 44.2 Å². The van der Waals surface area contributed by atoms with Gasteiger partial charge < -0.3 is 5.73 Å². The molecule has 2 N–H and O–H groups in total. The average molecular weight is 256 g/mol. The van der Waals surface area contributed by atoms with Gasteiger partial charge in [0.25, 0.3) is 0 Å². The molecule has 1 aliphatic carbocycles. The molecule has 0 aliphatic heterocycles. The number of hydrogen-bond donors (Lipinski definition) is 1. The summed E-state index contributed by atoms with van der Waals surface area (Å²) < 4.78 is 13.7. The van der Waals surface area contributed by atoms with E-state index in [9.17, 15) is 4.39 Å². The fourth-order valence-electron chi connectivity index (χ4n) is 2.67. The van der Waals surface area contributed by atoms with Crippen molar-refractivity contribution in [1.82, 2.24) is 0 Å². The molecule has 0 spiro atoms. The molecule has 1 unspecified atom stereocenters. The van der Waals surface area contributed by atoms with E-state index in [0.717, 1.165) is 18.8 Å². The Morgan fingerprint density at radius 1 is 1.29 bits per heavy atom. The van der Waals surface area contributed by atoms with Gasteiger partial charge in [-0.05, 0) is 42.9 Å². The van der Waals surface area contributed by atoms with E-state index in [1.54, 1.807) is 12.1 Å². The molecule has 1 aromatic carbocycles. The van der Waals surface area contributed by atoms with Crippen molar-refractivity contribution < 1.29 is 4.39 Å². The number of benzene rings is 1. The van der Waals surface area contributed by atoms with Gasteiger partial charge >= 0.3 is 0 Å². The Labute approximate surface area is 107 Å². The quantitative estimate of drug-likeness (QED) is 0.838. The van der Waals surface area contributed by atoms with Crippen molar-refractivity contribution in [3.8, 4) is 0 Å². The molecule has 17 heavy (non-hydrogen) atoms. The highest BCUT2D eigenvalue weighted by Crippen LogP contribution is 2.36. The summed E-state index contributed by atoms with van der Waals surface area (Å²) in [5.41, 5.74) is 6.75. The summed E-state index contributed by atoms with van der Waals surface area (Å²) in [5, 5.41) is 0.557. The van der Waals surface area contributed by atoms with Crippen molar-refractivity contribution in [2.24, 2.45) is 17.6 Å². The zero-order valence-corrected chi connectivity index (χ0v) is 10.9. The lowest BCUT2D eigenvalue weighted by atomic mass is 9.77. The summed E-state index contributed by atoms with van der Waals surface area (Å²) in [6.45, 7) is 2.27. The number of nitrogens with two attached hydrogens (primary N) is 1. The van der Waals surface area contributed by atoms with Gasteiger partial charge in [-0.15, -0.1) is 0 Å². The van der Waals surface area contributed by atoms with E-state index in [4.69, 9.17) is 17.3 Å². The summed E-state index contributed by atoms with van der Waals surface area (Å²) in [5.74, 6) is 0.933. The van der Waals surface area contributed by atoms with Gasteiger partial charge in [0.1, 0.15) is 5.82 Å². The summed E-state index contributed by atoms with van der Waals surface area (Å²) in [4.78, 5) is 0. The molecule has 1 nitrogen and oxygen atoms in total. The zero-order chi connectivity index (χ0) is 12.4. The fourth-order valence-corrected chi connectivity index (χ4v) is 2.85. The second-order valence-corrected chi connectivity index (χ2v) is 5.65. The highest BCUT2D eigenvalue weighted by atomic mass is 35.5. The minimum Gasteiger partial charge on any atom is -0.324 e. The van der Waals surface area contributed by atoms with Crippen LogP contribution < -0.4 is 5.73 Å². The molecule has 0 aromatic heterocycles. The number of hydrogen-bond acceptors (Lipinski definition) is 1. The lowest BCUT2D eigenvalue weighted by Crippen LogP contribution is -2.26. The average Bonchev–Trinajstić information content (AvgIpc) is 2.32. The molecule has 2 rings (SSSR count). The SMILES string of the molecule is CC1CCC(C(N)c2cc(Cl)ccc2F)CC1. The Hall–Kier alpha value is -0.600. The molecule has 1 aliphatic rings. The Kier molecular flexibility index (Phi) is 4.05. The summed E-state index contributed by atoms with van der Waals surface area (Å²) in [6.07, 6.45) is 4.57. The Balaban J connectivity index is 2.13. The molecule has 94 valence electrons. The van der Waals surface area contributed by atoms with E-state index >= 15 is 0 Å². The lowest BCUT2D eigenvalue weighted by Gasteiger charge is -2.31. The summed E-state index contributed by atoms with van der Waals surface area (Å²) in [7, 11) is 0. The molecule has 1 aromatic rings. The Morgan fingerprint density at radius 2 is 1.94 bits per heavy atom. The fraction of sp³-hybridized carbons (Fsp3) is 0.571. The van der Waals surface area contributed by atoms with Crippen LogP contribution >= 0.6 is 11.6 Å². The van der Waals surface area contributed by atoms with Gasteiger partial charge in [-0.3, -0.25) is 0 Å². The highest BCUT2D eigenvalue weighted by Gasteiger charge is 2.26. The maximum atomic E-state index is 13.7. The van der Waals surface area contributed by atoms with Crippen LogP contribution in [0.15, 0.2) is 18.2 Å². The molecule has 0 amide bonds. The van der Waals surface area contributed by atoms with Crippen LogP contribution in [-0.4, -0.2) is 0 Å². The van der Waals surface area contributed by atoms with Crippen molar-refractivity contribution >= 4 is 11.6 Å². The van der Waals surface area contributed by atoms with Gasteiger partial charge in [0, 0.05) is 16.6 Å². The zero-order valence-electron chi connectivity index (χ0n) is 10.1. The molecule has 1 saturated carbocycles. The molecule has 0 bridgehead atoms. The third kappa shape index (κ3) is 2.99. The largest absolute Gasteiger partial charge is 0.324 e. The van der Waals surface area contributed by atoms with Crippen LogP contribution in [0.3, 0.4) is 0 Å². The Bertz CT molecular complexity index is 386. The molecular weight excluding hydrogens is 237 g/mol. The second-order valence-electron chi connectivity index (χ2n) is 5.21. The van der Waals surface area contributed by atoms with E-state index in [1.807, 2.05) is 0 Å². The number of halogens is 2. The minimum atomic E-state index is -0.236. The molecular formula is C14H19ClFN. The summed E-state index contributed by atoms with van der Waals surface area (Å²) >= 11 is 5.90. The first kappa shape index (κ1) is 12.8. The van der Waals surface area contributed by atoms with Crippen LogP contribution in [0.25, 0.3) is 0 Å².